The van der Waals surface area contributed by atoms with E-state index in [1.807, 2.05) is 24.3 Å². The predicted molar refractivity (Wildman–Crippen MR) is 75.6 cm³/mol. The second-order valence-corrected chi connectivity index (χ2v) is 7.89. The third-order valence-corrected chi connectivity index (χ3v) is 5.58. The fourth-order valence-corrected chi connectivity index (χ4v) is 4.60. The largest absolute Gasteiger partial charge is 0.493 e. The van der Waals surface area contributed by atoms with Crippen molar-refractivity contribution >= 4 is 25.8 Å². The van der Waals surface area contributed by atoms with Gasteiger partial charge in [0, 0.05) is 10.9 Å². The number of hydrogen-bond donors (Lipinski definition) is 0. The van der Waals surface area contributed by atoms with E-state index in [0.29, 0.717) is 25.2 Å². The van der Waals surface area contributed by atoms with Gasteiger partial charge in [0.15, 0.2) is 9.84 Å². The number of benzene rings is 1. The summed E-state index contributed by atoms with van der Waals surface area (Å²) in [6.07, 6.45) is 0.850. The van der Waals surface area contributed by atoms with Crippen LogP contribution in [0.1, 0.15) is 12.8 Å². The molecule has 1 unspecified atom stereocenters. The summed E-state index contributed by atoms with van der Waals surface area (Å²) < 4.78 is 29.5. The normalized spacial score (nSPS) is 24.8. The first-order chi connectivity index (χ1) is 8.95. The van der Waals surface area contributed by atoms with Crippen molar-refractivity contribution in [3.8, 4) is 11.8 Å². The molecule has 1 saturated heterocycles. The summed E-state index contributed by atoms with van der Waals surface area (Å²) in [5.74, 6) is 0.777. The van der Waals surface area contributed by atoms with Crippen LogP contribution in [-0.2, 0) is 9.84 Å². The Balaban J connectivity index is 1.94. The first kappa shape index (κ1) is 14.4. The van der Waals surface area contributed by atoms with E-state index in [4.69, 9.17) is 4.74 Å². The highest BCUT2D eigenvalue weighted by molar-refractivity contribution is 9.10. The summed E-state index contributed by atoms with van der Waals surface area (Å²) in [5.41, 5.74) is -0.773. The summed E-state index contributed by atoms with van der Waals surface area (Å²) in [5, 5.41) is 9.21. The standard InChI is InChI=1S/C13H14BrNO3S/c14-11-2-1-3-12(8-11)18-6-4-13(9-15)5-7-19(16,17)10-13/h1-3,8H,4-7,10H2. The number of nitrogens with zero attached hydrogens (tertiary/aromatic N) is 1. The Morgan fingerprint density at radius 2 is 2.26 bits per heavy atom. The second-order valence-electron chi connectivity index (χ2n) is 4.79. The van der Waals surface area contributed by atoms with Crippen molar-refractivity contribution < 1.29 is 13.2 Å². The lowest BCUT2D eigenvalue weighted by molar-refractivity contribution is 0.256. The average Bonchev–Trinajstić information content (AvgIpc) is 2.66. The van der Waals surface area contributed by atoms with Gasteiger partial charge in [0.2, 0.25) is 0 Å². The Bertz CT molecular complexity index is 609. The molecule has 0 spiro atoms. The van der Waals surface area contributed by atoms with Crippen LogP contribution in [0.15, 0.2) is 28.7 Å². The molecule has 0 amide bonds. The van der Waals surface area contributed by atoms with Gasteiger partial charge in [0.1, 0.15) is 5.75 Å². The minimum atomic E-state index is -3.05. The molecule has 1 aromatic carbocycles. The van der Waals surface area contributed by atoms with E-state index in [0.717, 1.165) is 4.47 Å². The van der Waals surface area contributed by atoms with E-state index in [-0.39, 0.29) is 11.5 Å². The van der Waals surface area contributed by atoms with Gasteiger partial charge in [-0.2, -0.15) is 5.26 Å². The van der Waals surface area contributed by atoms with Crippen molar-refractivity contribution in [3.63, 3.8) is 0 Å². The van der Waals surface area contributed by atoms with Gasteiger partial charge in [-0.1, -0.05) is 22.0 Å². The van der Waals surface area contributed by atoms with Crippen molar-refractivity contribution in [2.24, 2.45) is 5.41 Å². The maximum absolute atomic E-state index is 11.5. The Labute approximate surface area is 121 Å². The molecule has 1 aliphatic heterocycles. The van der Waals surface area contributed by atoms with Gasteiger partial charge in [-0.25, -0.2) is 8.42 Å². The van der Waals surface area contributed by atoms with Gasteiger partial charge in [-0.15, -0.1) is 0 Å². The van der Waals surface area contributed by atoms with E-state index in [9.17, 15) is 13.7 Å². The number of hydrogen-bond acceptors (Lipinski definition) is 4. The van der Waals surface area contributed by atoms with Crippen molar-refractivity contribution in [1.29, 1.82) is 5.26 Å². The van der Waals surface area contributed by atoms with E-state index in [2.05, 4.69) is 22.0 Å². The summed E-state index contributed by atoms with van der Waals surface area (Å²) in [6, 6.07) is 9.59. The van der Waals surface area contributed by atoms with Crippen LogP contribution in [0.4, 0.5) is 0 Å². The van der Waals surface area contributed by atoms with Gasteiger partial charge in [-0.05, 0) is 24.6 Å². The molecule has 19 heavy (non-hydrogen) atoms. The predicted octanol–water partition coefficient (Wildman–Crippen LogP) is 2.55. The molecule has 0 aliphatic carbocycles. The molecule has 1 fully saturated rings. The van der Waals surface area contributed by atoms with Crippen molar-refractivity contribution in [3.05, 3.63) is 28.7 Å². The Hall–Kier alpha value is -1.06. The van der Waals surface area contributed by atoms with Gasteiger partial charge in [0.05, 0.1) is 29.6 Å². The van der Waals surface area contributed by atoms with Crippen molar-refractivity contribution in [1.82, 2.24) is 0 Å². The highest BCUT2D eigenvalue weighted by atomic mass is 79.9. The number of sulfone groups is 1. The van der Waals surface area contributed by atoms with Crippen LogP contribution in [0.3, 0.4) is 0 Å². The van der Waals surface area contributed by atoms with Crippen LogP contribution >= 0.6 is 15.9 Å². The van der Waals surface area contributed by atoms with Gasteiger partial charge in [0.25, 0.3) is 0 Å². The zero-order valence-electron chi connectivity index (χ0n) is 10.3. The fraction of sp³-hybridized carbons (Fsp3) is 0.462. The van der Waals surface area contributed by atoms with Crippen LogP contribution < -0.4 is 4.74 Å². The van der Waals surface area contributed by atoms with Crippen molar-refractivity contribution in [2.45, 2.75) is 12.8 Å². The van der Waals surface area contributed by atoms with E-state index in [1.54, 1.807) is 0 Å². The minimum Gasteiger partial charge on any atom is -0.493 e. The third kappa shape index (κ3) is 3.71. The van der Waals surface area contributed by atoms with Crippen LogP contribution in [0.25, 0.3) is 0 Å². The molecule has 0 saturated carbocycles. The average molecular weight is 344 g/mol. The molecule has 0 aromatic heterocycles. The Morgan fingerprint density at radius 3 is 2.84 bits per heavy atom. The Kier molecular flexibility index (Phi) is 4.16. The highest BCUT2D eigenvalue weighted by Crippen LogP contribution is 2.35. The monoisotopic (exact) mass is 343 g/mol. The minimum absolute atomic E-state index is 0.0433. The first-order valence-electron chi connectivity index (χ1n) is 5.95. The maximum atomic E-state index is 11.5. The molecule has 1 atom stereocenters. The molecule has 0 bridgehead atoms. The molecule has 2 rings (SSSR count). The number of nitriles is 1. The molecule has 6 heteroatoms. The lowest BCUT2D eigenvalue weighted by Crippen LogP contribution is -2.23. The summed E-state index contributed by atoms with van der Waals surface area (Å²) in [6.45, 7) is 0.347. The van der Waals surface area contributed by atoms with Crippen LogP contribution in [-0.4, -0.2) is 26.5 Å². The van der Waals surface area contributed by atoms with E-state index in [1.165, 1.54) is 0 Å². The van der Waals surface area contributed by atoms with Crippen LogP contribution in [0.2, 0.25) is 0 Å². The second kappa shape index (κ2) is 5.51. The number of rotatable bonds is 4. The molecule has 1 aliphatic rings. The highest BCUT2D eigenvalue weighted by Gasteiger charge is 2.42. The molecule has 102 valence electrons. The van der Waals surface area contributed by atoms with Crippen LogP contribution in [0, 0.1) is 16.7 Å². The number of halogens is 1. The fourth-order valence-electron chi connectivity index (χ4n) is 2.18. The zero-order valence-corrected chi connectivity index (χ0v) is 12.7. The smallest absolute Gasteiger partial charge is 0.151 e. The first-order valence-corrected chi connectivity index (χ1v) is 8.56. The van der Waals surface area contributed by atoms with Crippen LogP contribution in [0.5, 0.6) is 5.75 Å². The van der Waals surface area contributed by atoms with Gasteiger partial charge in [-0.3, -0.25) is 0 Å². The topological polar surface area (TPSA) is 67.2 Å². The van der Waals surface area contributed by atoms with Gasteiger partial charge >= 0.3 is 0 Å². The summed E-state index contributed by atoms with van der Waals surface area (Å²) in [4.78, 5) is 0. The summed E-state index contributed by atoms with van der Waals surface area (Å²) in [7, 11) is -3.05. The molecule has 1 heterocycles. The third-order valence-electron chi connectivity index (χ3n) is 3.27. The lowest BCUT2D eigenvalue weighted by atomic mass is 9.86. The van der Waals surface area contributed by atoms with E-state index < -0.39 is 15.3 Å². The number of ether oxygens (including phenoxy) is 1. The molecule has 4 nitrogen and oxygen atoms in total. The molecule has 0 radical (unpaired) electrons. The molecule has 0 N–H and O–H groups in total. The summed E-state index contributed by atoms with van der Waals surface area (Å²) >= 11 is 3.35. The van der Waals surface area contributed by atoms with Crippen molar-refractivity contribution in [2.75, 3.05) is 18.1 Å². The molecule has 1 aromatic rings. The van der Waals surface area contributed by atoms with Gasteiger partial charge < -0.3 is 4.74 Å². The Morgan fingerprint density at radius 1 is 1.47 bits per heavy atom. The van der Waals surface area contributed by atoms with E-state index >= 15 is 0 Å². The molecular formula is C13H14BrNO3S. The maximum Gasteiger partial charge on any atom is 0.151 e. The zero-order chi connectivity index (χ0) is 13.9. The molecular weight excluding hydrogens is 330 g/mol. The lowest BCUT2D eigenvalue weighted by Gasteiger charge is -2.18. The SMILES string of the molecule is N#CC1(CCOc2cccc(Br)c2)CCS(=O)(=O)C1. The quantitative estimate of drug-likeness (QED) is 0.842.